The summed E-state index contributed by atoms with van der Waals surface area (Å²) in [5.41, 5.74) is 1.12. The number of thiazole rings is 1. The van der Waals surface area contributed by atoms with Gasteiger partial charge in [-0.3, -0.25) is 0 Å². The van der Waals surface area contributed by atoms with E-state index < -0.39 is 0 Å². The Balaban J connectivity index is 1.99. The van der Waals surface area contributed by atoms with Gasteiger partial charge in [0.1, 0.15) is 5.01 Å². The fraction of sp³-hybridized carbons (Fsp3) is 0.357. The Kier molecular flexibility index (Phi) is 4.75. The van der Waals surface area contributed by atoms with Gasteiger partial charge in [-0.25, -0.2) is 4.98 Å². The Morgan fingerprint density at radius 3 is 2.67 bits per heavy atom. The predicted molar refractivity (Wildman–Crippen MR) is 79.1 cm³/mol. The number of hydrogen-bond acceptors (Lipinski definition) is 3. The summed E-state index contributed by atoms with van der Waals surface area (Å²) in [6, 6.07) is 7.81. The first kappa shape index (κ1) is 13.5. The molecule has 0 aliphatic heterocycles. The molecule has 96 valence electrons. The molecule has 0 spiro atoms. The van der Waals surface area contributed by atoms with Gasteiger partial charge < -0.3 is 5.32 Å². The molecule has 0 saturated heterocycles. The van der Waals surface area contributed by atoms with Gasteiger partial charge in [0.25, 0.3) is 0 Å². The summed E-state index contributed by atoms with van der Waals surface area (Å²) >= 11 is 7.60. The normalized spacial score (nSPS) is 11.1. The van der Waals surface area contributed by atoms with Crippen molar-refractivity contribution in [3.05, 3.63) is 40.4 Å². The van der Waals surface area contributed by atoms with E-state index in [1.54, 1.807) is 11.3 Å². The Hall–Kier alpha value is -0.900. The van der Waals surface area contributed by atoms with Crippen LogP contribution in [0.15, 0.2) is 30.5 Å². The summed E-state index contributed by atoms with van der Waals surface area (Å²) in [6.07, 6.45) is 1.95. The van der Waals surface area contributed by atoms with Crippen molar-refractivity contribution in [1.29, 1.82) is 0 Å². The highest BCUT2D eigenvalue weighted by Gasteiger charge is 2.04. The van der Waals surface area contributed by atoms with Crippen molar-refractivity contribution in [3.8, 4) is 10.6 Å². The smallest absolute Gasteiger partial charge is 0.123 e. The summed E-state index contributed by atoms with van der Waals surface area (Å²) in [4.78, 5) is 5.71. The molecule has 0 unspecified atom stereocenters. The first-order chi connectivity index (χ1) is 8.65. The fourth-order valence-electron chi connectivity index (χ4n) is 1.60. The lowest BCUT2D eigenvalue weighted by atomic mass is 10.2. The summed E-state index contributed by atoms with van der Waals surface area (Å²) in [5, 5.41) is 5.23. The molecule has 0 atom stereocenters. The van der Waals surface area contributed by atoms with Crippen LogP contribution >= 0.6 is 22.9 Å². The molecule has 18 heavy (non-hydrogen) atoms. The van der Waals surface area contributed by atoms with Gasteiger partial charge in [0.05, 0.1) is 0 Å². The molecule has 1 heterocycles. The van der Waals surface area contributed by atoms with Gasteiger partial charge >= 0.3 is 0 Å². The Labute approximate surface area is 117 Å². The average molecular weight is 281 g/mol. The Morgan fingerprint density at radius 2 is 2.00 bits per heavy atom. The van der Waals surface area contributed by atoms with Crippen LogP contribution in [0.1, 0.15) is 18.7 Å². The van der Waals surface area contributed by atoms with Gasteiger partial charge in [0.2, 0.25) is 0 Å². The van der Waals surface area contributed by atoms with Crippen molar-refractivity contribution in [2.75, 3.05) is 6.54 Å². The van der Waals surface area contributed by atoms with Gasteiger partial charge in [0, 0.05) is 28.2 Å². The van der Waals surface area contributed by atoms with E-state index in [0.717, 1.165) is 28.7 Å². The fourth-order valence-corrected chi connectivity index (χ4v) is 2.61. The molecular weight excluding hydrogens is 264 g/mol. The quantitative estimate of drug-likeness (QED) is 0.887. The molecule has 0 bridgehead atoms. The molecule has 0 radical (unpaired) electrons. The summed E-state index contributed by atoms with van der Waals surface area (Å²) in [7, 11) is 0. The first-order valence-electron chi connectivity index (χ1n) is 6.06. The molecule has 4 heteroatoms. The zero-order valence-corrected chi connectivity index (χ0v) is 12.2. The number of nitrogens with one attached hydrogen (secondary N) is 1. The zero-order valence-electron chi connectivity index (χ0n) is 10.6. The molecular formula is C14H17ClN2S. The molecule has 2 aromatic rings. The Morgan fingerprint density at radius 1 is 1.28 bits per heavy atom. The van der Waals surface area contributed by atoms with Crippen molar-refractivity contribution in [2.24, 2.45) is 5.92 Å². The van der Waals surface area contributed by atoms with E-state index in [4.69, 9.17) is 11.6 Å². The minimum Gasteiger partial charge on any atom is -0.312 e. The van der Waals surface area contributed by atoms with Gasteiger partial charge in [-0.2, -0.15) is 0 Å². The Bertz CT molecular complexity index is 491. The van der Waals surface area contributed by atoms with E-state index in [1.165, 1.54) is 4.88 Å². The van der Waals surface area contributed by atoms with Crippen LogP contribution < -0.4 is 5.32 Å². The molecule has 2 nitrogen and oxygen atoms in total. The number of aromatic nitrogens is 1. The zero-order chi connectivity index (χ0) is 13.0. The third-order valence-electron chi connectivity index (χ3n) is 2.50. The molecule has 2 rings (SSSR count). The van der Waals surface area contributed by atoms with E-state index >= 15 is 0 Å². The van der Waals surface area contributed by atoms with E-state index in [-0.39, 0.29) is 0 Å². The van der Waals surface area contributed by atoms with E-state index in [1.807, 2.05) is 30.5 Å². The maximum atomic E-state index is 5.88. The number of benzene rings is 1. The standard InChI is InChI=1S/C14H17ClN2S/c1-10(2)7-16-8-13-9-17-14(18-13)11-3-5-12(15)6-4-11/h3-6,9-10,16H,7-8H2,1-2H3. The average Bonchev–Trinajstić information content (AvgIpc) is 2.78. The second kappa shape index (κ2) is 6.32. The van der Waals surface area contributed by atoms with Crippen LogP contribution in [-0.2, 0) is 6.54 Å². The maximum absolute atomic E-state index is 5.88. The number of rotatable bonds is 5. The largest absolute Gasteiger partial charge is 0.312 e. The second-order valence-corrected chi connectivity index (χ2v) is 6.22. The number of hydrogen-bond donors (Lipinski definition) is 1. The molecule has 1 aromatic heterocycles. The van der Waals surface area contributed by atoms with Gasteiger partial charge in [-0.1, -0.05) is 37.6 Å². The first-order valence-corrected chi connectivity index (χ1v) is 7.26. The van der Waals surface area contributed by atoms with E-state index in [2.05, 4.69) is 24.1 Å². The third kappa shape index (κ3) is 3.80. The van der Waals surface area contributed by atoms with Crippen LogP contribution in [0.4, 0.5) is 0 Å². The van der Waals surface area contributed by atoms with Crippen LogP contribution in [0, 0.1) is 5.92 Å². The van der Waals surface area contributed by atoms with Crippen LogP contribution in [-0.4, -0.2) is 11.5 Å². The SMILES string of the molecule is CC(C)CNCc1cnc(-c2ccc(Cl)cc2)s1. The maximum Gasteiger partial charge on any atom is 0.123 e. The summed E-state index contributed by atoms with van der Waals surface area (Å²) in [5.74, 6) is 0.675. The highest BCUT2D eigenvalue weighted by atomic mass is 35.5. The van der Waals surface area contributed by atoms with Crippen molar-refractivity contribution in [2.45, 2.75) is 20.4 Å². The molecule has 0 aliphatic carbocycles. The van der Waals surface area contributed by atoms with Crippen LogP contribution in [0.5, 0.6) is 0 Å². The minimum atomic E-state index is 0.675. The lowest BCUT2D eigenvalue weighted by molar-refractivity contribution is 0.554. The monoisotopic (exact) mass is 280 g/mol. The lowest BCUT2D eigenvalue weighted by Gasteiger charge is -2.04. The summed E-state index contributed by atoms with van der Waals surface area (Å²) < 4.78 is 0. The molecule has 0 fully saturated rings. The molecule has 0 saturated carbocycles. The second-order valence-electron chi connectivity index (χ2n) is 4.66. The predicted octanol–water partition coefficient (Wildman–Crippen LogP) is 4.21. The van der Waals surface area contributed by atoms with E-state index in [0.29, 0.717) is 5.92 Å². The lowest BCUT2D eigenvalue weighted by Crippen LogP contribution is -2.18. The minimum absolute atomic E-state index is 0.675. The van der Waals surface area contributed by atoms with Crippen LogP contribution in [0.25, 0.3) is 10.6 Å². The van der Waals surface area contributed by atoms with Crippen molar-refractivity contribution in [3.63, 3.8) is 0 Å². The van der Waals surface area contributed by atoms with Crippen LogP contribution in [0.2, 0.25) is 5.02 Å². The van der Waals surface area contributed by atoms with Crippen molar-refractivity contribution < 1.29 is 0 Å². The number of nitrogens with zero attached hydrogens (tertiary/aromatic N) is 1. The van der Waals surface area contributed by atoms with E-state index in [9.17, 15) is 0 Å². The topological polar surface area (TPSA) is 24.9 Å². The third-order valence-corrected chi connectivity index (χ3v) is 3.79. The molecule has 1 N–H and O–H groups in total. The highest BCUT2D eigenvalue weighted by molar-refractivity contribution is 7.15. The van der Waals surface area contributed by atoms with Gasteiger partial charge in [-0.15, -0.1) is 11.3 Å². The van der Waals surface area contributed by atoms with Gasteiger partial charge in [0.15, 0.2) is 0 Å². The van der Waals surface area contributed by atoms with Crippen molar-refractivity contribution in [1.82, 2.24) is 10.3 Å². The highest BCUT2D eigenvalue weighted by Crippen LogP contribution is 2.26. The van der Waals surface area contributed by atoms with Gasteiger partial charge in [-0.05, 0) is 24.6 Å². The summed E-state index contributed by atoms with van der Waals surface area (Å²) in [6.45, 7) is 6.34. The molecule has 1 aromatic carbocycles. The van der Waals surface area contributed by atoms with Crippen molar-refractivity contribution >= 4 is 22.9 Å². The number of halogens is 1. The van der Waals surface area contributed by atoms with Crippen LogP contribution in [0.3, 0.4) is 0 Å². The molecule has 0 amide bonds. The molecule has 0 aliphatic rings.